The van der Waals surface area contributed by atoms with E-state index < -0.39 is 36.0 Å². The third-order valence-electron chi connectivity index (χ3n) is 1.48. The van der Waals surface area contributed by atoms with Gasteiger partial charge in [-0.15, -0.1) is 0 Å². The van der Waals surface area contributed by atoms with E-state index >= 15 is 0 Å². The maximum Gasteiger partial charge on any atom is 0.339 e. The summed E-state index contributed by atoms with van der Waals surface area (Å²) in [4.78, 5) is 30.7. The molecule has 0 heterocycles. The number of aliphatic hydroxyl groups is 2. The van der Waals surface area contributed by atoms with Gasteiger partial charge in [-0.05, 0) is 0 Å². The molecule has 0 aromatic carbocycles. The van der Waals surface area contributed by atoms with Gasteiger partial charge in [0.2, 0.25) is 5.60 Å². The smallest absolute Gasteiger partial charge is 0.339 e. The molecule has 0 rings (SSSR count). The molecule has 8 nitrogen and oxygen atoms in total. The summed E-state index contributed by atoms with van der Waals surface area (Å²) in [5.41, 5.74) is -3.22. The summed E-state index contributed by atoms with van der Waals surface area (Å²) >= 11 is 0. The van der Waals surface area contributed by atoms with Crippen LogP contribution in [-0.4, -0.2) is 55.1 Å². The van der Waals surface area contributed by atoms with Crippen molar-refractivity contribution < 1.29 is 39.9 Å². The molecule has 0 radical (unpaired) electrons. The lowest BCUT2D eigenvalue weighted by atomic mass is 9.93. The maximum atomic E-state index is 10.4. The van der Waals surface area contributed by atoms with Crippen LogP contribution >= 0.6 is 0 Å². The molecule has 2 atom stereocenters. The molecule has 80 valence electrons. The highest BCUT2D eigenvalue weighted by atomic mass is 16.4. The van der Waals surface area contributed by atoms with E-state index in [0.29, 0.717) is 0 Å². The fraction of sp³-hybridized carbons (Fsp3) is 0.500. The van der Waals surface area contributed by atoms with Crippen LogP contribution in [-0.2, 0) is 14.4 Å². The Bertz CT molecular complexity index is 271. The van der Waals surface area contributed by atoms with Crippen LogP contribution in [0.1, 0.15) is 6.42 Å². The minimum atomic E-state index is -3.22. The van der Waals surface area contributed by atoms with Crippen molar-refractivity contribution in [3.63, 3.8) is 0 Å². The first-order valence-electron chi connectivity index (χ1n) is 3.30. The van der Waals surface area contributed by atoms with Crippen LogP contribution in [0.4, 0.5) is 0 Å². The second kappa shape index (κ2) is 4.03. The van der Waals surface area contributed by atoms with E-state index in [0.717, 1.165) is 0 Å². The van der Waals surface area contributed by atoms with Crippen LogP contribution in [0.3, 0.4) is 0 Å². The van der Waals surface area contributed by atoms with Crippen molar-refractivity contribution in [3.05, 3.63) is 0 Å². The van der Waals surface area contributed by atoms with Gasteiger partial charge in [0.05, 0.1) is 6.42 Å². The Balaban J connectivity index is 4.99. The lowest BCUT2D eigenvalue weighted by Crippen LogP contribution is -2.54. The molecule has 0 saturated heterocycles. The highest BCUT2D eigenvalue weighted by Crippen LogP contribution is 2.16. The monoisotopic (exact) mass is 208 g/mol. The van der Waals surface area contributed by atoms with Gasteiger partial charge in [0.25, 0.3) is 0 Å². The molecular weight excluding hydrogens is 200 g/mol. The van der Waals surface area contributed by atoms with Crippen LogP contribution in [0, 0.1) is 0 Å². The lowest BCUT2D eigenvalue weighted by Gasteiger charge is -2.23. The average molecular weight is 208 g/mol. The summed E-state index contributed by atoms with van der Waals surface area (Å²) in [6, 6.07) is 0. The van der Waals surface area contributed by atoms with Gasteiger partial charge in [0.1, 0.15) is 0 Å². The summed E-state index contributed by atoms with van der Waals surface area (Å²) in [6.45, 7) is 0. The van der Waals surface area contributed by atoms with Crippen molar-refractivity contribution in [1.29, 1.82) is 0 Å². The zero-order valence-electron chi connectivity index (χ0n) is 6.75. The molecule has 0 saturated carbocycles. The van der Waals surface area contributed by atoms with Gasteiger partial charge in [-0.3, -0.25) is 4.79 Å². The number of carboxylic acid groups (broad SMARTS) is 3. The molecule has 14 heavy (non-hydrogen) atoms. The van der Waals surface area contributed by atoms with Crippen LogP contribution in [0.5, 0.6) is 0 Å². The first-order valence-corrected chi connectivity index (χ1v) is 3.30. The maximum absolute atomic E-state index is 10.4. The van der Waals surface area contributed by atoms with Crippen molar-refractivity contribution in [2.24, 2.45) is 0 Å². The number of hydrogen-bond donors (Lipinski definition) is 5. The number of carbonyl (C=O) groups is 3. The molecule has 0 spiro atoms. The normalized spacial score (nSPS) is 16.7. The Kier molecular flexibility index (Phi) is 3.55. The summed E-state index contributed by atoms with van der Waals surface area (Å²) in [5.74, 6) is -5.87. The minimum Gasteiger partial charge on any atom is -0.481 e. The number of rotatable bonds is 5. The van der Waals surface area contributed by atoms with Gasteiger partial charge in [0.15, 0.2) is 6.10 Å². The highest BCUT2D eigenvalue weighted by molar-refractivity contribution is 5.90. The second-order valence-electron chi connectivity index (χ2n) is 2.54. The van der Waals surface area contributed by atoms with E-state index in [1.807, 2.05) is 0 Å². The summed E-state index contributed by atoms with van der Waals surface area (Å²) in [5, 5.41) is 42.6. The van der Waals surface area contributed by atoms with Crippen molar-refractivity contribution in [3.8, 4) is 0 Å². The predicted octanol–water partition coefficient (Wildman–Crippen LogP) is -2.28. The summed E-state index contributed by atoms with van der Waals surface area (Å²) < 4.78 is 0. The molecule has 0 aromatic rings. The summed E-state index contributed by atoms with van der Waals surface area (Å²) in [6.07, 6.45) is -4.11. The third-order valence-corrected chi connectivity index (χ3v) is 1.48. The van der Waals surface area contributed by atoms with Crippen LogP contribution in [0.2, 0.25) is 0 Å². The Labute approximate surface area is 77.0 Å². The van der Waals surface area contributed by atoms with E-state index in [1.165, 1.54) is 0 Å². The molecule has 0 aromatic heterocycles. The molecule has 5 N–H and O–H groups in total. The fourth-order valence-electron chi connectivity index (χ4n) is 0.724. The van der Waals surface area contributed by atoms with Gasteiger partial charge in [-0.25, -0.2) is 9.59 Å². The van der Waals surface area contributed by atoms with E-state index in [2.05, 4.69) is 0 Å². The van der Waals surface area contributed by atoms with E-state index in [-0.39, 0.29) is 0 Å². The SMILES string of the molecule is O=C(O)C[C@](O)(C(=O)O)[C@H](O)C(=O)O. The first kappa shape index (κ1) is 12.3. The third kappa shape index (κ3) is 2.41. The average Bonchev–Trinajstić information content (AvgIpc) is 2.00. The topological polar surface area (TPSA) is 152 Å². The molecular formula is C6H8O8. The molecule has 0 aliphatic rings. The van der Waals surface area contributed by atoms with Gasteiger partial charge in [-0.2, -0.15) is 0 Å². The minimum absolute atomic E-state index is 1.41. The van der Waals surface area contributed by atoms with Crippen molar-refractivity contribution in [2.75, 3.05) is 0 Å². The molecule has 0 unspecified atom stereocenters. The van der Waals surface area contributed by atoms with Crippen LogP contribution in [0.15, 0.2) is 0 Å². The Hall–Kier alpha value is -1.67. The number of aliphatic hydroxyl groups excluding tert-OH is 1. The molecule has 0 bridgehead atoms. The summed E-state index contributed by atoms with van der Waals surface area (Å²) in [7, 11) is 0. The van der Waals surface area contributed by atoms with Crippen LogP contribution < -0.4 is 0 Å². The zero-order chi connectivity index (χ0) is 11.5. The standard InChI is InChI=1S/C6H8O8/c7-2(8)1-6(14,5(12)13)3(9)4(10)11/h3,9,14H,1H2,(H,7,8)(H,10,11)(H,12,13)/t3-,6-/m1/s1. The van der Waals surface area contributed by atoms with Gasteiger partial charge in [-0.1, -0.05) is 0 Å². The predicted molar refractivity (Wildman–Crippen MR) is 38.5 cm³/mol. The Morgan fingerprint density at radius 1 is 1.14 bits per heavy atom. The van der Waals surface area contributed by atoms with Gasteiger partial charge >= 0.3 is 17.9 Å². The van der Waals surface area contributed by atoms with E-state index in [1.54, 1.807) is 0 Å². The van der Waals surface area contributed by atoms with Crippen LogP contribution in [0.25, 0.3) is 0 Å². The van der Waals surface area contributed by atoms with Gasteiger partial charge in [0, 0.05) is 0 Å². The van der Waals surface area contributed by atoms with Crippen molar-refractivity contribution >= 4 is 17.9 Å². The fourth-order valence-corrected chi connectivity index (χ4v) is 0.724. The number of hydrogen-bond acceptors (Lipinski definition) is 5. The molecule has 0 aliphatic carbocycles. The van der Waals surface area contributed by atoms with E-state index in [9.17, 15) is 14.4 Å². The van der Waals surface area contributed by atoms with Crippen molar-refractivity contribution in [1.82, 2.24) is 0 Å². The number of carboxylic acids is 3. The van der Waals surface area contributed by atoms with Gasteiger partial charge < -0.3 is 25.5 Å². The molecule has 0 aliphatic heterocycles. The lowest BCUT2D eigenvalue weighted by molar-refractivity contribution is -0.187. The Morgan fingerprint density at radius 3 is 1.79 bits per heavy atom. The quantitative estimate of drug-likeness (QED) is 0.338. The highest BCUT2D eigenvalue weighted by Gasteiger charge is 2.49. The number of aliphatic carboxylic acids is 3. The molecule has 0 amide bonds. The second-order valence-corrected chi connectivity index (χ2v) is 2.54. The Morgan fingerprint density at radius 2 is 1.57 bits per heavy atom. The largest absolute Gasteiger partial charge is 0.481 e. The van der Waals surface area contributed by atoms with Crippen molar-refractivity contribution in [2.45, 2.75) is 18.1 Å². The van der Waals surface area contributed by atoms with E-state index in [4.69, 9.17) is 25.5 Å². The zero-order valence-corrected chi connectivity index (χ0v) is 6.75. The first-order chi connectivity index (χ1) is 6.21. The molecule has 8 heteroatoms. The molecule has 0 fully saturated rings.